The summed E-state index contributed by atoms with van der Waals surface area (Å²) in [4.78, 5) is 0. The van der Waals surface area contributed by atoms with E-state index in [2.05, 4.69) is 5.32 Å². The summed E-state index contributed by atoms with van der Waals surface area (Å²) in [7, 11) is 0.633. The highest BCUT2D eigenvalue weighted by Crippen LogP contribution is 2.23. The summed E-state index contributed by atoms with van der Waals surface area (Å²) in [5.41, 5.74) is 0. The lowest BCUT2D eigenvalue weighted by atomic mass is 9.91. The molecule has 0 bridgehead atoms. The first-order valence-electron chi connectivity index (χ1n) is 6.58. The van der Waals surface area contributed by atoms with Gasteiger partial charge in [-0.25, -0.2) is 12.7 Å². The molecule has 1 rings (SSSR count). The maximum Gasteiger partial charge on any atom is 0.211 e. The van der Waals surface area contributed by atoms with E-state index in [-0.39, 0.29) is 0 Å². The number of nitrogens with one attached hydrogen (secondary N) is 1. The van der Waals surface area contributed by atoms with E-state index in [1.54, 1.807) is 11.4 Å². The lowest BCUT2D eigenvalue weighted by molar-refractivity contribution is 0.171. The molecular weight excluding hydrogens is 252 g/mol. The maximum absolute atomic E-state index is 11.5. The van der Waals surface area contributed by atoms with E-state index in [1.807, 2.05) is 7.05 Å². The van der Waals surface area contributed by atoms with Crippen molar-refractivity contribution in [3.63, 3.8) is 0 Å². The first-order chi connectivity index (χ1) is 8.47. The third kappa shape index (κ3) is 5.22. The molecule has 1 aliphatic heterocycles. The fourth-order valence-corrected chi connectivity index (χ4v) is 3.51. The Morgan fingerprint density at radius 3 is 2.78 bits per heavy atom. The van der Waals surface area contributed by atoms with Gasteiger partial charge in [0.1, 0.15) is 0 Å². The van der Waals surface area contributed by atoms with Crippen LogP contribution in [0.4, 0.5) is 0 Å². The van der Waals surface area contributed by atoms with Crippen LogP contribution in [0.5, 0.6) is 0 Å². The van der Waals surface area contributed by atoms with E-state index < -0.39 is 10.0 Å². The Bertz CT molecular complexity index is 332. The zero-order chi connectivity index (χ0) is 13.6. The van der Waals surface area contributed by atoms with Crippen LogP contribution in [0.15, 0.2) is 0 Å². The van der Waals surface area contributed by atoms with Crippen molar-refractivity contribution in [3.05, 3.63) is 0 Å². The summed E-state index contributed by atoms with van der Waals surface area (Å²) < 4.78 is 29.8. The summed E-state index contributed by atoms with van der Waals surface area (Å²) >= 11 is 0. The smallest absolute Gasteiger partial charge is 0.211 e. The van der Waals surface area contributed by atoms with Crippen molar-refractivity contribution in [1.29, 1.82) is 0 Å². The lowest BCUT2D eigenvalue weighted by Gasteiger charge is -2.33. The first kappa shape index (κ1) is 15.9. The second kappa shape index (κ2) is 7.43. The number of sulfonamides is 1. The minimum atomic E-state index is -3.03. The van der Waals surface area contributed by atoms with Crippen molar-refractivity contribution in [2.75, 3.05) is 40.1 Å². The minimum Gasteiger partial charge on any atom is -0.385 e. The molecule has 18 heavy (non-hydrogen) atoms. The van der Waals surface area contributed by atoms with E-state index in [9.17, 15) is 8.42 Å². The number of nitrogens with zero attached hydrogens (tertiary/aromatic N) is 1. The molecule has 0 radical (unpaired) electrons. The average molecular weight is 278 g/mol. The minimum absolute atomic E-state index is 0.412. The molecule has 0 spiro atoms. The lowest BCUT2D eigenvalue weighted by Crippen LogP contribution is -2.41. The second-order valence-electron chi connectivity index (χ2n) is 5.13. The predicted molar refractivity (Wildman–Crippen MR) is 73.1 cm³/mol. The molecule has 0 aromatic rings. The molecule has 108 valence electrons. The van der Waals surface area contributed by atoms with Crippen LogP contribution in [-0.2, 0) is 14.8 Å². The molecule has 5 nitrogen and oxygen atoms in total. The number of rotatable bonds is 7. The van der Waals surface area contributed by atoms with Crippen LogP contribution in [0.2, 0.25) is 0 Å². The molecule has 2 atom stereocenters. The molecule has 0 aliphatic carbocycles. The molecule has 0 aromatic carbocycles. The third-order valence-electron chi connectivity index (χ3n) is 3.65. The van der Waals surface area contributed by atoms with Crippen LogP contribution in [0.3, 0.4) is 0 Å². The van der Waals surface area contributed by atoms with Gasteiger partial charge in [0, 0.05) is 32.8 Å². The van der Waals surface area contributed by atoms with E-state index in [4.69, 9.17) is 4.74 Å². The molecule has 0 amide bonds. The van der Waals surface area contributed by atoms with Gasteiger partial charge in [-0.15, -0.1) is 0 Å². The van der Waals surface area contributed by atoms with Crippen molar-refractivity contribution >= 4 is 10.0 Å². The highest BCUT2D eigenvalue weighted by molar-refractivity contribution is 7.88. The Hall–Kier alpha value is -0.170. The molecule has 1 N–H and O–H groups in total. The summed E-state index contributed by atoms with van der Waals surface area (Å²) in [6.07, 6.45) is 5.39. The highest BCUT2D eigenvalue weighted by Gasteiger charge is 2.27. The first-order valence-corrected chi connectivity index (χ1v) is 8.43. The largest absolute Gasteiger partial charge is 0.385 e. The quantitative estimate of drug-likeness (QED) is 0.744. The third-order valence-corrected chi connectivity index (χ3v) is 4.92. The van der Waals surface area contributed by atoms with Gasteiger partial charge in [0.05, 0.1) is 6.26 Å². The van der Waals surface area contributed by atoms with Crippen LogP contribution in [0.1, 0.15) is 25.7 Å². The van der Waals surface area contributed by atoms with Crippen LogP contribution < -0.4 is 5.32 Å². The Morgan fingerprint density at radius 1 is 1.50 bits per heavy atom. The van der Waals surface area contributed by atoms with Gasteiger partial charge in [-0.3, -0.25) is 0 Å². The fourth-order valence-electron chi connectivity index (χ4n) is 2.56. The number of hydrogen-bond acceptors (Lipinski definition) is 4. The Labute approximate surface area is 111 Å². The van der Waals surface area contributed by atoms with Crippen molar-refractivity contribution < 1.29 is 13.2 Å². The van der Waals surface area contributed by atoms with Gasteiger partial charge in [-0.05, 0) is 38.6 Å². The van der Waals surface area contributed by atoms with E-state index in [1.165, 1.54) is 6.26 Å². The van der Waals surface area contributed by atoms with Crippen LogP contribution >= 0.6 is 0 Å². The van der Waals surface area contributed by atoms with Crippen molar-refractivity contribution in [3.8, 4) is 0 Å². The standard InChI is InChI=1S/C12H26N2O3S/c1-13-12(6-8-17-2)9-11-5-4-7-14(10-11)18(3,15)16/h11-13H,4-10H2,1-3H3. The van der Waals surface area contributed by atoms with Crippen LogP contribution in [0, 0.1) is 5.92 Å². The maximum atomic E-state index is 11.5. The Morgan fingerprint density at radius 2 is 2.22 bits per heavy atom. The molecule has 1 heterocycles. The van der Waals surface area contributed by atoms with Crippen molar-refractivity contribution in [2.45, 2.75) is 31.7 Å². The zero-order valence-electron chi connectivity index (χ0n) is 11.7. The fraction of sp³-hybridized carbons (Fsp3) is 1.00. The van der Waals surface area contributed by atoms with E-state index in [0.717, 1.165) is 32.3 Å². The highest BCUT2D eigenvalue weighted by atomic mass is 32.2. The summed E-state index contributed by atoms with van der Waals surface area (Å²) in [5.74, 6) is 0.461. The number of piperidine rings is 1. The molecule has 0 saturated carbocycles. The topological polar surface area (TPSA) is 58.6 Å². The number of methoxy groups -OCH3 is 1. The molecule has 1 aliphatic rings. The monoisotopic (exact) mass is 278 g/mol. The van der Waals surface area contributed by atoms with Gasteiger partial charge in [-0.1, -0.05) is 0 Å². The van der Waals surface area contributed by atoms with E-state index >= 15 is 0 Å². The van der Waals surface area contributed by atoms with Gasteiger partial charge < -0.3 is 10.1 Å². The molecule has 2 unspecified atom stereocenters. The molecule has 6 heteroatoms. The predicted octanol–water partition coefficient (Wildman–Crippen LogP) is 0.673. The van der Waals surface area contributed by atoms with Crippen LogP contribution in [0.25, 0.3) is 0 Å². The van der Waals surface area contributed by atoms with E-state index in [0.29, 0.717) is 25.0 Å². The summed E-state index contributed by atoms with van der Waals surface area (Å²) in [6, 6.07) is 0.412. The van der Waals surface area contributed by atoms with Crippen molar-refractivity contribution in [2.24, 2.45) is 5.92 Å². The van der Waals surface area contributed by atoms with Crippen molar-refractivity contribution in [1.82, 2.24) is 9.62 Å². The van der Waals surface area contributed by atoms with Gasteiger partial charge >= 0.3 is 0 Å². The number of ether oxygens (including phenoxy) is 1. The zero-order valence-corrected chi connectivity index (χ0v) is 12.5. The summed E-state index contributed by atoms with van der Waals surface area (Å²) in [5, 5.41) is 3.29. The van der Waals surface area contributed by atoms with Crippen LogP contribution in [-0.4, -0.2) is 58.9 Å². The van der Waals surface area contributed by atoms with Gasteiger partial charge in [-0.2, -0.15) is 0 Å². The van der Waals surface area contributed by atoms with Gasteiger partial charge in [0.2, 0.25) is 10.0 Å². The second-order valence-corrected chi connectivity index (χ2v) is 7.11. The molecular formula is C12H26N2O3S. The SMILES string of the molecule is CNC(CCOC)CC1CCCN(S(C)(=O)=O)C1. The summed E-state index contributed by atoms with van der Waals surface area (Å²) in [6.45, 7) is 2.09. The Kier molecular flexibility index (Phi) is 6.55. The average Bonchev–Trinajstić information content (AvgIpc) is 2.33. The molecule has 1 fully saturated rings. The molecule has 1 saturated heterocycles. The molecule has 0 aromatic heterocycles. The van der Waals surface area contributed by atoms with Gasteiger partial charge in [0.25, 0.3) is 0 Å². The van der Waals surface area contributed by atoms with Gasteiger partial charge in [0.15, 0.2) is 0 Å². The Balaban J connectivity index is 2.46. The number of hydrogen-bond donors (Lipinski definition) is 1. The normalized spacial score (nSPS) is 24.1.